The predicted molar refractivity (Wildman–Crippen MR) is 103 cm³/mol. The second-order valence-corrected chi connectivity index (χ2v) is 7.85. The molecule has 7 nitrogen and oxygen atoms in total. The molecule has 0 aromatic carbocycles. The third-order valence-corrected chi connectivity index (χ3v) is 6.16. The summed E-state index contributed by atoms with van der Waals surface area (Å²) in [6.45, 7) is 3.64. The van der Waals surface area contributed by atoms with Gasteiger partial charge in [-0.2, -0.15) is 5.10 Å². The minimum Gasteiger partial charge on any atom is -0.313 e. The van der Waals surface area contributed by atoms with Crippen LogP contribution in [0.15, 0.2) is 35.8 Å². The van der Waals surface area contributed by atoms with Gasteiger partial charge in [0, 0.05) is 18.9 Å². The maximum atomic E-state index is 12.0. The Morgan fingerprint density at radius 2 is 2.00 bits per heavy atom. The van der Waals surface area contributed by atoms with Gasteiger partial charge >= 0.3 is 0 Å². The molecule has 2 fully saturated rings. The number of hydrogen-bond donors (Lipinski definition) is 1. The maximum absolute atomic E-state index is 12.0. The van der Waals surface area contributed by atoms with Gasteiger partial charge in [-0.15, -0.1) is 0 Å². The van der Waals surface area contributed by atoms with Crippen molar-refractivity contribution in [3.63, 3.8) is 0 Å². The van der Waals surface area contributed by atoms with Crippen LogP contribution in [0.5, 0.6) is 0 Å². The van der Waals surface area contributed by atoms with Gasteiger partial charge in [0.25, 0.3) is 5.56 Å². The number of rotatable bonds is 4. The fourth-order valence-electron chi connectivity index (χ4n) is 4.31. The Balaban J connectivity index is 1.34. The molecule has 0 radical (unpaired) electrons. The van der Waals surface area contributed by atoms with Gasteiger partial charge in [-0.25, -0.2) is 14.6 Å². The Bertz CT molecular complexity index is 997. The summed E-state index contributed by atoms with van der Waals surface area (Å²) < 4.78 is 1.75. The average Bonchev–Trinajstić information content (AvgIpc) is 3.15. The summed E-state index contributed by atoms with van der Waals surface area (Å²) in [4.78, 5) is 25.9. The third kappa shape index (κ3) is 3.16. The molecule has 1 aliphatic heterocycles. The number of aromatic nitrogens is 5. The van der Waals surface area contributed by atoms with Crippen LogP contribution in [0.3, 0.4) is 0 Å². The lowest BCUT2D eigenvalue weighted by atomic mass is 9.84. The van der Waals surface area contributed by atoms with E-state index in [9.17, 15) is 4.79 Å². The van der Waals surface area contributed by atoms with Crippen LogP contribution in [0.4, 0.5) is 0 Å². The molecule has 4 heterocycles. The van der Waals surface area contributed by atoms with E-state index in [1.165, 1.54) is 63.6 Å². The summed E-state index contributed by atoms with van der Waals surface area (Å²) in [6, 6.07) is 1.69. The van der Waals surface area contributed by atoms with Crippen molar-refractivity contribution < 1.29 is 0 Å². The molecule has 3 aromatic heterocycles. The van der Waals surface area contributed by atoms with E-state index in [0.717, 1.165) is 5.92 Å². The highest BCUT2D eigenvalue weighted by atomic mass is 16.1. The van der Waals surface area contributed by atoms with Crippen molar-refractivity contribution in [1.29, 1.82) is 0 Å². The van der Waals surface area contributed by atoms with Crippen LogP contribution in [0.25, 0.3) is 16.7 Å². The number of aromatic amines is 1. The van der Waals surface area contributed by atoms with Gasteiger partial charge in [-0.05, 0) is 62.2 Å². The molecule has 0 amide bonds. The van der Waals surface area contributed by atoms with Gasteiger partial charge < -0.3 is 9.88 Å². The second kappa shape index (κ2) is 6.88. The Kier molecular flexibility index (Phi) is 4.24. The Hall–Kier alpha value is -2.54. The highest BCUT2D eigenvalue weighted by molar-refractivity contribution is 5.83. The molecule has 27 heavy (non-hydrogen) atoms. The fraction of sp³-hybridized carbons (Fsp3) is 0.500. The molecule has 0 unspecified atom stereocenters. The molecule has 1 aliphatic carbocycles. The standard InChI is InChI=1S/C20H24N6O/c27-20-17-4-7-21-19(18(17)22-13-23-20)26-12-16(10-24-26)15-5-8-25(9-6-15)11-14-2-1-3-14/h4,7,10,12-15H,1-3,5-6,8-9,11H2,(H,22,23,27). The molecule has 0 atom stereocenters. The van der Waals surface area contributed by atoms with E-state index in [4.69, 9.17) is 0 Å². The summed E-state index contributed by atoms with van der Waals surface area (Å²) in [7, 11) is 0. The summed E-state index contributed by atoms with van der Waals surface area (Å²) in [5, 5.41) is 5.05. The van der Waals surface area contributed by atoms with E-state index in [-0.39, 0.29) is 5.56 Å². The van der Waals surface area contributed by atoms with E-state index in [2.05, 4.69) is 31.1 Å². The van der Waals surface area contributed by atoms with E-state index < -0.39 is 0 Å². The van der Waals surface area contributed by atoms with Crippen LogP contribution in [-0.4, -0.2) is 49.3 Å². The quantitative estimate of drug-likeness (QED) is 0.769. The van der Waals surface area contributed by atoms with Crippen molar-refractivity contribution in [2.45, 2.75) is 38.0 Å². The summed E-state index contributed by atoms with van der Waals surface area (Å²) in [5.41, 5.74) is 1.67. The largest absolute Gasteiger partial charge is 0.313 e. The van der Waals surface area contributed by atoms with Crippen LogP contribution in [0.1, 0.15) is 43.6 Å². The Morgan fingerprint density at radius 1 is 1.15 bits per heavy atom. The maximum Gasteiger partial charge on any atom is 0.258 e. The minimum absolute atomic E-state index is 0.158. The lowest BCUT2D eigenvalue weighted by Crippen LogP contribution is -2.38. The van der Waals surface area contributed by atoms with Gasteiger partial charge in [0.2, 0.25) is 0 Å². The summed E-state index contributed by atoms with van der Waals surface area (Å²) >= 11 is 0. The molecular weight excluding hydrogens is 340 g/mol. The number of H-pyrrole nitrogens is 1. The zero-order valence-electron chi connectivity index (χ0n) is 15.3. The zero-order chi connectivity index (χ0) is 18.2. The Morgan fingerprint density at radius 3 is 2.78 bits per heavy atom. The first kappa shape index (κ1) is 16.6. The monoisotopic (exact) mass is 364 g/mol. The van der Waals surface area contributed by atoms with Gasteiger partial charge in [0.15, 0.2) is 5.82 Å². The number of fused-ring (bicyclic) bond motifs is 1. The second-order valence-electron chi connectivity index (χ2n) is 7.85. The lowest BCUT2D eigenvalue weighted by Gasteiger charge is -2.36. The topological polar surface area (TPSA) is 79.7 Å². The molecular formula is C20H24N6O. The fourth-order valence-corrected chi connectivity index (χ4v) is 4.31. The van der Waals surface area contributed by atoms with Crippen LogP contribution in [-0.2, 0) is 0 Å². The minimum atomic E-state index is -0.158. The molecule has 3 aromatic rings. The van der Waals surface area contributed by atoms with Crippen LogP contribution in [0.2, 0.25) is 0 Å². The van der Waals surface area contributed by atoms with E-state index in [1.807, 2.05) is 6.20 Å². The molecule has 7 heteroatoms. The zero-order valence-corrected chi connectivity index (χ0v) is 15.3. The molecule has 1 saturated heterocycles. The molecule has 0 spiro atoms. The number of hydrogen-bond acceptors (Lipinski definition) is 5. The molecule has 1 saturated carbocycles. The van der Waals surface area contributed by atoms with Crippen LogP contribution in [0, 0.1) is 5.92 Å². The summed E-state index contributed by atoms with van der Waals surface area (Å²) in [5.74, 6) is 2.09. The van der Waals surface area contributed by atoms with Gasteiger partial charge in [0.1, 0.15) is 5.52 Å². The lowest BCUT2D eigenvalue weighted by molar-refractivity contribution is 0.147. The first-order chi connectivity index (χ1) is 13.3. The Labute approximate surface area is 157 Å². The first-order valence-electron chi connectivity index (χ1n) is 9.87. The van der Waals surface area contributed by atoms with E-state index in [1.54, 1.807) is 16.9 Å². The number of nitrogens with zero attached hydrogens (tertiary/aromatic N) is 5. The van der Waals surface area contributed by atoms with Gasteiger partial charge in [-0.1, -0.05) is 6.42 Å². The normalized spacial score (nSPS) is 19.4. The van der Waals surface area contributed by atoms with Gasteiger partial charge in [0.05, 0.1) is 17.9 Å². The number of piperidine rings is 1. The van der Waals surface area contributed by atoms with Crippen molar-refractivity contribution in [3.8, 4) is 5.82 Å². The van der Waals surface area contributed by atoms with Crippen molar-refractivity contribution >= 4 is 10.9 Å². The highest BCUT2D eigenvalue weighted by Gasteiger charge is 2.26. The SMILES string of the molecule is O=c1[nH]cnc2c(-n3cc(C4CCN(CC5CCC5)CC4)cn3)nccc12. The van der Waals surface area contributed by atoms with Crippen molar-refractivity contribution in [2.24, 2.45) is 5.92 Å². The molecule has 2 aliphatic rings. The molecule has 5 rings (SSSR count). The van der Waals surface area contributed by atoms with Crippen LogP contribution >= 0.6 is 0 Å². The number of likely N-dealkylation sites (tertiary alicyclic amines) is 1. The van der Waals surface area contributed by atoms with Crippen molar-refractivity contribution in [2.75, 3.05) is 19.6 Å². The van der Waals surface area contributed by atoms with Gasteiger partial charge in [-0.3, -0.25) is 4.79 Å². The van der Waals surface area contributed by atoms with Crippen molar-refractivity contribution in [1.82, 2.24) is 29.6 Å². The van der Waals surface area contributed by atoms with E-state index >= 15 is 0 Å². The van der Waals surface area contributed by atoms with E-state index in [0.29, 0.717) is 22.6 Å². The number of nitrogens with one attached hydrogen (secondary N) is 1. The molecule has 1 N–H and O–H groups in total. The van der Waals surface area contributed by atoms with Crippen molar-refractivity contribution in [3.05, 3.63) is 46.9 Å². The third-order valence-electron chi connectivity index (χ3n) is 6.16. The predicted octanol–water partition coefficient (Wildman–Crippen LogP) is 2.48. The molecule has 140 valence electrons. The smallest absolute Gasteiger partial charge is 0.258 e. The highest BCUT2D eigenvalue weighted by Crippen LogP contribution is 2.32. The summed E-state index contributed by atoms with van der Waals surface area (Å²) in [6.07, 6.45) is 13.7. The van der Waals surface area contributed by atoms with Crippen LogP contribution < -0.4 is 5.56 Å². The number of pyridine rings is 1. The molecule has 0 bridgehead atoms. The average molecular weight is 364 g/mol. The first-order valence-corrected chi connectivity index (χ1v) is 9.87.